The average molecular weight is 948 g/mol. The molecule has 0 N–H and O–H groups in total. The normalized spacial score (nSPS) is 11.9. The van der Waals surface area contributed by atoms with Crippen molar-refractivity contribution in [3.05, 3.63) is 0 Å². The van der Waals surface area contributed by atoms with Gasteiger partial charge in [-0.05, 0) is 19.3 Å². The summed E-state index contributed by atoms with van der Waals surface area (Å²) in [5, 5.41) is 0. The van der Waals surface area contributed by atoms with E-state index < -0.39 is 6.10 Å². The van der Waals surface area contributed by atoms with Crippen LogP contribution in [0.1, 0.15) is 355 Å². The Balaban J connectivity index is 3.96. The summed E-state index contributed by atoms with van der Waals surface area (Å²) >= 11 is 0. The maximum Gasteiger partial charge on any atom is 0.306 e. The van der Waals surface area contributed by atoms with E-state index in [2.05, 4.69) is 20.8 Å². The van der Waals surface area contributed by atoms with Gasteiger partial charge in [0.25, 0.3) is 0 Å². The first-order valence-electron chi connectivity index (χ1n) is 30.5. The predicted molar refractivity (Wildman–Crippen MR) is 289 cm³/mol. The third-order valence-electron chi connectivity index (χ3n) is 14.1. The topological polar surface area (TPSA) is 78.9 Å². The van der Waals surface area contributed by atoms with E-state index in [0.717, 1.165) is 57.8 Å². The number of carbonyl (C=O) groups is 3. The van der Waals surface area contributed by atoms with Crippen LogP contribution < -0.4 is 0 Å². The third-order valence-corrected chi connectivity index (χ3v) is 14.1. The number of hydrogen-bond donors (Lipinski definition) is 0. The van der Waals surface area contributed by atoms with Crippen molar-refractivity contribution in [3.63, 3.8) is 0 Å². The second-order valence-corrected chi connectivity index (χ2v) is 21.0. The minimum absolute atomic E-state index is 0.0619. The van der Waals surface area contributed by atoms with E-state index in [0.29, 0.717) is 19.3 Å². The number of hydrogen-bond acceptors (Lipinski definition) is 6. The van der Waals surface area contributed by atoms with Crippen LogP contribution in [0.5, 0.6) is 0 Å². The van der Waals surface area contributed by atoms with Gasteiger partial charge in [-0.3, -0.25) is 14.4 Å². The summed E-state index contributed by atoms with van der Waals surface area (Å²) < 4.78 is 16.8. The number of unbranched alkanes of at least 4 members (excludes halogenated alkanes) is 46. The summed E-state index contributed by atoms with van der Waals surface area (Å²) in [5.74, 6) is -0.842. The molecule has 0 aliphatic rings. The van der Waals surface area contributed by atoms with Crippen molar-refractivity contribution in [1.29, 1.82) is 0 Å². The molecule has 0 aromatic carbocycles. The zero-order chi connectivity index (χ0) is 48.6. The number of esters is 3. The Bertz CT molecular complexity index is 998. The Kier molecular flexibility index (Phi) is 55.6. The summed E-state index contributed by atoms with van der Waals surface area (Å²) in [6.45, 7) is 6.67. The molecule has 0 amide bonds. The Morgan fingerprint density at radius 2 is 0.403 bits per heavy atom. The fourth-order valence-electron chi connectivity index (χ4n) is 9.51. The highest BCUT2D eigenvalue weighted by atomic mass is 16.6. The highest BCUT2D eigenvalue weighted by Crippen LogP contribution is 2.18. The summed E-state index contributed by atoms with van der Waals surface area (Å²) in [6.07, 6.45) is 64.3. The van der Waals surface area contributed by atoms with E-state index in [-0.39, 0.29) is 31.1 Å². The van der Waals surface area contributed by atoms with Crippen LogP contribution in [0.2, 0.25) is 0 Å². The maximum absolute atomic E-state index is 12.8. The molecule has 0 aromatic rings. The fraction of sp³-hybridized carbons (Fsp3) is 0.951. The Labute approximate surface area is 418 Å². The van der Waals surface area contributed by atoms with Gasteiger partial charge in [-0.1, -0.05) is 316 Å². The van der Waals surface area contributed by atoms with Crippen molar-refractivity contribution >= 4 is 17.9 Å². The molecule has 0 radical (unpaired) electrons. The molecular weight excluding hydrogens is 829 g/mol. The molecule has 0 heterocycles. The summed E-state index contributed by atoms with van der Waals surface area (Å²) in [7, 11) is 0. The largest absolute Gasteiger partial charge is 0.462 e. The first-order valence-corrected chi connectivity index (χ1v) is 30.5. The molecule has 1 atom stereocenters. The van der Waals surface area contributed by atoms with Crippen molar-refractivity contribution in [2.24, 2.45) is 0 Å². The third kappa shape index (κ3) is 55.2. The highest BCUT2D eigenvalue weighted by molar-refractivity contribution is 5.71. The molecule has 0 fully saturated rings. The second-order valence-electron chi connectivity index (χ2n) is 21.0. The van der Waals surface area contributed by atoms with Gasteiger partial charge in [0.15, 0.2) is 6.10 Å². The minimum atomic E-state index is -0.759. The van der Waals surface area contributed by atoms with Crippen molar-refractivity contribution < 1.29 is 28.6 Å². The average Bonchev–Trinajstić information content (AvgIpc) is 3.33. The van der Waals surface area contributed by atoms with Crippen LogP contribution in [0.3, 0.4) is 0 Å². The van der Waals surface area contributed by atoms with Crippen LogP contribution in [0.25, 0.3) is 0 Å². The second kappa shape index (κ2) is 57.0. The Morgan fingerprint density at radius 1 is 0.239 bits per heavy atom. The van der Waals surface area contributed by atoms with Gasteiger partial charge in [0.05, 0.1) is 0 Å². The fourth-order valence-corrected chi connectivity index (χ4v) is 9.51. The molecule has 398 valence electrons. The molecule has 0 aliphatic heterocycles. The molecule has 0 aliphatic carbocycles. The lowest BCUT2D eigenvalue weighted by molar-refractivity contribution is -0.167. The molecule has 1 unspecified atom stereocenters. The lowest BCUT2D eigenvalue weighted by Gasteiger charge is -2.18. The Morgan fingerprint density at radius 3 is 0.597 bits per heavy atom. The van der Waals surface area contributed by atoms with Crippen LogP contribution in [-0.4, -0.2) is 37.2 Å². The molecular formula is C61H118O6. The standard InChI is InChI=1S/C61H118O6/c1-4-7-10-13-16-19-21-23-24-25-26-27-28-29-30-31-32-33-34-35-36-37-38-39-41-42-45-48-51-54-60(63)66-57-58(56-65-59(62)53-50-47-44-18-15-12-9-6-3)67-61(64)55-52-49-46-43-40-22-20-17-14-11-8-5-2/h58H,4-57H2,1-3H3. The molecule has 0 bridgehead atoms. The van der Waals surface area contributed by atoms with Crippen molar-refractivity contribution in [2.45, 2.75) is 361 Å². The molecule has 6 heteroatoms. The minimum Gasteiger partial charge on any atom is -0.462 e. The van der Waals surface area contributed by atoms with Crippen molar-refractivity contribution in [2.75, 3.05) is 13.2 Å². The van der Waals surface area contributed by atoms with Gasteiger partial charge in [0.2, 0.25) is 0 Å². The van der Waals surface area contributed by atoms with Gasteiger partial charge in [-0.2, -0.15) is 0 Å². The molecule has 67 heavy (non-hydrogen) atoms. The monoisotopic (exact) mass is 947 g/mol. The summed E-state index contributed by atoms with van der Waals surface area (Å²) in [4.78, 5) is 37.9. The van der Waals surface area contributed by atoms with Crippen LogP contribution in [0.4, 0.5) is 0 Å². The van der Waals surface area contributed by atoms with Crippen LogP contribution in [0.15, 0.2) is 0 Å². The van der Waals surface area contributed by atoms with Gasteiger partial charge in [-0.25, -0.2) is 0 Å². The van der Waals surface area contributed by atoms with E-state index in [9.17, 15) is 14.4 Å². The maximum atomic E-state index is 12.8. The first kappa shape index (κ1) is 65.4. The molecule has 6 nitrogen and oxygen atoms in total. The smallest absolute Gasteiger partial charge is 0.306 e. The SMILES string of the molecule is CCCCCCCCCCCCCCCCCCCCCCCCCCCCCCCC(=O)OCC(COC(=O)CCCCCCCCCC)OC(=O)CCCCCCCCCCCCCC. The summed E-state index contributed by atoms with van der Waals surface area (Å²) in [5.41, 5.74) is 0. The van der Waals surface area contributed by atoms with E-state index in [1.807, 2.05) is 0 Å². The van der Waals surface area contributed by atoms with Gasteiger partial charge >= 0.3 is 17.9 Å². The highest BCUT2D eigenvalue weighted by Gasteiger charge is 2.19. The van der Waals surface area contributed by atoms with Crippen molar-refractivity contribution in [1.82, 2.24) is 0 Å². The predicted octanol–water partition coefficient (Wildman–Crippen LogP) is 20.3. The molecule has 0 saturated carbocycles. The lowest BCUT2D eigenvalue weighted by Crippen LogP contribution is -2.30. The summed E-state index contributed by atoms with van der Waals surface area (Å²) in [6, 6.07) is 0. The van der Waals surface area contributed by atoms with E-state index in [1.165, 1.54) is 257 Å². The van der Waals surface area contributed by atoms with E-state index in [4.69, 9.17) is 14.2 Å². The van der Waals surface area contributed by atoms with Gasteiger partial charge in [0, 0.05) is 19.3 Å². The number of ether oxygens (including phenoxy) is 3. The molecule has 0 aromatic heterocycles. The van der Waals surface area contributed by atoms with E-state index >= 15 is 0 Å². The molecule has 0 saturated heterocycles. The van der Waals surface area contributed by atoms with Crippen LogP contribution in [-0.2, 0) is 28.6 Å². The number of rotatable bonds is 57. The zero-order valence-electron chi connectivity index (χ0n) is 45.7. The molecule has 0 spiro atoms. The van der Waals surface area contributed by atoms with Gasteiger partial charge < -0.3 is 14.2 Å². The van der Waals surface area contributed by atoms with Gasteiger partial charge in [0.1, 0.15) is 13.2 Å². The number of carbonyl (C=O) groups excluding carboxylic acids is 3. The quantitative estimate of drug-likeness (QED) is 0.0343. The van der Waals surface area contributed by atoms with Gasteiger partial charge in [-0.15, -0.1) is 0 Å². The molecule has 0 rings (SSSR count). The lowest BCUT2D eigenvalue weighted by atomic mass is 10.0. The van der Waals surface area contributed by atoms with Crippen LogP contribution in [0, 0.1) is 0 Å². The van der Waals surface area contributed by atoms with Crippen molar-refractivity contribution in [3.8, 4) is 0 Å². The van der Waals surface area contributed by atoms with Crippen LogP contribution >= 0.6 is 0 Å². The Hall–Kier alpha value is -1.59. The van der Waals surface area contributed by atoms with E-state index in [1.54, 1.807) is 0 Å². The first-order chi connectivity index (χ1) is 33.0. The zero-order valence-corrected chi connectivity index (χ0v) is 45.7.